The van der Waals surface area contributed by atoms with Crippen LogP contribution in [0, 0.1) is 0 Å². The van der Waals surface area contributed by atoms with Crippen molar-refractivity contribution in [3.05, 3.63) is 0 Å². The van der Waals surface area contributed by atoms with Crippen molar-refractivity contribution in [2.24, 2.45) is 0 Å². The van der Waals surface area contributed by atoms with Gasteiger partial charge in [-0.2, -0.15) is 0 Å². The number of hydrogen-bond acceptors (Lipinski definition) is 2. The Morgan fingerprint density at radius 2 is 2.20 bits per heavy atom. The molecule has 0 bridgehead atoms. The fourth-order valence-electron chi connectivity index (χ4n) is 0.530. The van der Waals surface area contributed by atoms with E-state index in [2.05, 4.69) is 5.32 Å². The van der Waals surface area contributed by atoms with Crippen LogP contribution in [0.25, 0.3) is 0 Å². The summed E-state index contributed by atoms with van der Waals surface area (Å²) in [7, 11) is 3.57. The molecule has 10 heavy (non-hydrogen) atoms. The van der Waals surface area contributed by atoms with E-state index in [0.29, 0.717) is 6.54 Å². The molecule has 1 N–H and O–H groups in total. The molecule has 0 rings (SSSR count). The number of amides is 1. The van der Waals surface area contributed by atoms with Gasteiger partial charge in [-0.05, 0) is 14.1 Å². The number of carbonyl (C=O) groups is 1. The minimum atomic E-state index is -0.501. The highest BCUT2D eigenvalue weighted by Crippen LogP contribution is 1.73. The van der Waals surface area contributed by atoms with Gasteiger partial charge in [0.25, 0.3) is 0 Å². The smallest absolute Gasteiger partial charge is 0.234 e. The van der Waals surface area contributed by atoms with Gasteiger partial charge in [0.05, 0.1) is 6.54 Å². The van der Waals surface area contributed by atoms with Gasteiger partial charge in [-0.1, -0.05) is 0 Å². The summed E-state index contributed by atoms with van der Waals surface area (Å²) >= 11 is 0. The molecule has 0 unspecified atom stereocenters. The Morgan fingerprint density at radius 3 is 2.60 bits per heavy atom. The molecule has 0 aliphatic heterocycles. The number of alkyl halides is 1. The van der Waals surface area contributed by atoms with Gasteiger partial charge in [-0.25, -0.2) is 4.39 Å². The Morgan fingerprint density at radius 1 is 1.60 bits per heavy atom. The van der Waals surface area contributed by atoms with Gasteiger partial charge in [0, 0.05) is 6.54 Å². The van der Waals surface area contributed by atoms with E-state index in [1.165, 1.54) is 0 Å². The van der Waals surface area contributed by atoms with Crippen LogP contribution in [0.3, 0.4) is 0 Å². The zero-order chi connectivity index (χ0) is 7.98. The number of hydrogen-bond donors (Lipinski definition) is 1. The number of carbonyl (C=O) groups excluding carboxylic acids is 1. The maximum Gasteiger partial charge on any atom is 0.234 e. The Balaban J connectivity index is 3.26. The topological polar surface area (TPSA) is 32.3 Å². The second-order valence-electron chi connectivity index (χ2n) is 2.28. The lowest BCUT2D eigenvalue weighted by molar-refractivity contribution is -0.121. The number of nitrogens with one attached hydrogen (secondary N) is 1. The molecule has 0 aliphatic carbocycles. The van der Waals surface area contributed by atoms with Crippen LogP contribution in [0.4, 0.5) is 4.39 Å². The maximum absolute atomic E-state index is 11.5. The van der Waals surface area contributed by atoms with Crippen LogP contribution in [0.5, 0.6) is 0 Å². The fourth-order valence-corrected chi connectivity index (χ4v) is 0.530. The van der Waals surface area contributed by atoms with Crippen LogP contribution in [0.15, 0.2) is 0 Å². The predicted molar refractivity (Wildman–Crippen MR) is 37.5 cm³/mol. The van der Waals surface area contributed by atoms with Gasteiger partial charge in [0.15, 0.2) is 0 Å². The third-order valence-electron chi connectivity index (χ3n) is 0.876. The highest BCUT2D eigenvalue weighted by atomic mass is 19.1. The third-order valence-corrected chi connectivity index (χ3v) is 0.876. The summed E-state index contributed by atoms with van der Waals surface area (Å²) in [5.41, 5.74) is 0. The minimum absolute atomic E-state index is 0.118. The molecule has 4 heteroatoms. The Kier molecular flexibility index (Phi) is 4.84. The van der Waals surface area contributed by atoms with Gasteiger partial charge in [0.2, 0.25) is 5.91 Å². The monoisotopic (exact) mass is 148 g/mol. The van der Waals surface area contributed by atoms with Crippen LogP contribution in [0.2, 0.25) is 0 Å². The Hall–Kier alpha value is -0.640. The molecule has 0 spiro atoms. The van der Waals surface area contributed by atoms with E-state index in [-0.39, 0.29) is 12.5 Å². The van der Waals surface area contributed by atoms with Crippen molar-refractivity contribution in [3.63, 3.8) is 0 Å². The van der Waals surface area contributed by atoms with Gasteiger partial charge in [0.1, 0.15) is 6.67 Å². The first-order valence-corrected chi connectivity index (χ1v) is 3.14. The zero-order valence-corrected chi connectivity index (χ0v) is 6.35. The summed E-state index contributed by atoms with van der Waals surface area (Å²) in [4.78, 5) is 12.4. The predicted octanol–water partition coefficient (Wildman–Crippen LogP) is -0.366. The molecule has 0 aromatic rings. The second-order valence-corrected chi connectivity index (χ2v) is 2.28. The lowest BCUT2D eigenvalue weighted by Crippen LogP contribution is -2.34. The number of likely N-dealkylation sites (N-methyl/N-ethyl adjacent to an activating group) is 1. The third kappa shape index (κ3) is 5.50. The second kappa shape index (κ2) is 5.17. The first-order valence-electron chi connectivity index (χ1n) is 3.14. The molecule has 60 valence electrons. The SMILES string of the molecule is CN(C)CC(=O)NCCF. The van der Waals surface area contributed by atoms with Crippen LogP contribution in [0.1, 0.15) is 0 Å². The molecule has 0 aromatic carbocycles. The maximum atomic E-state index is 11.5. The van der Waals surface area contributed by atoms with E-state index in [9.17, 15) is 9.18 Å². The molecule has 0 fully saturated rings. The van der Waals surface area contributed by atoms with Crippen molar-refractivity contribution in [1.29, 1.82) is 0 Å². The molecule has 0 atom stereocenters. The molecule has 0 heterocycles. The standard InChI is InChI=1S/C6H13FN2O/c1-9(2)5-6(10)8-4-3-7/h3-5H2,1-2H3,(H,8,10). The average Bonchev–Trinajstić information content (AvgIpc) is 1.82. The van der Waals surface area contributed by atoms with Crippen molar-refractivity contribution in [2.45, 2.75) is 0 Å². The van der Waals surface area contributed by atoms with E-state index in [4.69, 9.17) is 0 Å². The summed E-state index contributed by atoms with van der Waals surface area (Å²) < 4.78 is 11.5. The minimum Gasteiger partial charge on any atom is -0.352 e. The van der Waals surface area contributed by atoms with E-state index >= 15 is 0 Å². The summed E-state index contributed by atoms with van der Waals surface area (Å²) in [5, 5.41) is 2.41. The van der Waals surface area contributed by atoms with Crippen LogP contribution < -0.4 is 5.32 Å². The fraction of sp³-hybridized carbons (Fsp3) is 0.833. The van der Waals surface area contributed by atoms with Gasteiger partial charge < -0.3 is 10.2 Å². The average molecular weight is 148 g/mol. The van der Waals surface area contributed by atoms with E-state index in [0.717, 1.165) is 0 Å². The molecule has 1 amide bonds. The summed E-state index contributed by atoms with van der Waals surface area (Å²) in [5.74, 6) is -0.136. The summed E-state index contributed by atoms with van der Waals surface area (Å²) in [6.07, 6.45) is 0. The lowest BCUT2D eigenvalue weighted by Gasteiger charge is -2.08. The quantitative estimate of drug-likeness (QED) is 0.590. The van der Waals surface area contributed by atoms with Gasteiger partial charge >= 0.3 is 0 Å². The molecule has 0 radical (unpaired) electrons. The number of halogens is 1. The Labute approximate surface area is 60.2 Å². The van der Waals surface area contributed by atoms with E-state index < -0.39 is 6.67 Å². The van der Waals surface area contributed by atoms with Gasteiger partial charge in [-0.15, -0.1) is 0 Å². The molecule has 0 saturated carbocycles. The Bertz CT molecular complexity index is 106. The van der Waals surface area contributed by atoms with Gasteiger partial charge in [-0.3, -0.25) is 4.79 Å². The largest absolute Gasteiger partial charge is 0.352 e. The molecular formula is C6H13FN2O. The summed E-state index contributed by atoms with van der Waals surface area (Å²) in [6, 6.07) is 0. The van der Waals surface area contributed by atoms with Crippen LogP contribution in [-0.2, 0) is 4.79 Å². The molecule has 0 saturated heterocycles. The van der Waals surface area contributed by atoms with Crippen LogP contribution in [-0.4, -0.2) is 44.7 Å². The van der Waals surface area contributed by atoms with Crippen molar-refractivity contribution >= 4 is 5.91 Å². The number of nitrogens with zero attached hydrogens (tertiary/aromatic N) is 1. The van der Waals surface area contributed by atoms with E-state index in [1.54, 1.807) is 19.0 Å². The normalized spacial score (nSPS) is 10.0. The van der Waals surface area contributed by atoms with Crippen molar-refractivity contribution in [1.82, 2.24) is 10.2 Å². The molecule has 0 aliphatic rings. The van der Waals surface area contributed by atoms with E-state index in [1.807, 2.05) is 0 Å². The van der Waals surface area contributed by atoms with Crippen molar-refractivity contribution in [3.8, 4) is 0 Å². The highest BCUT2D eigenvalue weighted by Gasteiger charge is 1.99. The highest BCUT2D eigenvalue weighted by molar-refractivity contribution is 5.77. The zero-order valence-electron chi connectivity index (χ0n) is 6.35. The molecule has 0 aromatic heterocycles. The molecular weight excluding hydrogens is 135 g/mol. The van der Waals surface area contributed by atoms with Crippen molar-refractivity contribution in [2.75, 3.05) is 33.9 Å². The van der Waals surface area contributed by atoms with Crippen molar-refractivity contribution < 1.29 is 9.18 Å². The first-order chi connectivity index (χ1) is 4.66. The summed E-state index contributed by atoms with van der Waals surface area (Å²) in [6.45, 7) is -0.0636. The van der Waals surface area contributed by atoms with Crippen LogP contribution >= 0.6 is 0 Å². The molecule has 3 nitrogen and oxygen atoms in total. The lowest BCUT2D eigenvalue weighted by atomic mass is 10.5. The first kappa shape index (κ1) is 9.36. The number of rotatable bonds is 4.